The second-order valence-corrected chi connectivity index (χ2v) is 7.24. The maximum atomic E-state index is 10.8. The first-order chi connectivity index (χ1) is 10.4. The summed E-state index contributed by atoms with van der Waals surface area (Å²) in [4.78, 5) is 23.0. The highest BCUT2D eigenvalue weighted by Gasteiger charge is 2.47. The molecule has 0 bridgehead atoms. The van der Waals surface area contributed by atoms with Gasteiger partial charge in [0.25, 0.3) is 0 Å². The molecule has 2 aliphatic heterocycles. The number of hydrogen-bond acceptors (Lipinski definition) is 5. The second kappa shape index (κ2) is 6.43. The normalized spacial score (nSPS) is 29.5. The lowest BCUT2D eigenvalue weighted by atomic mass is 9.86. The Morgan fingerprint density at radius 2 is 2.09 bits per heavy atom. The van der Waals surface area contributed by atoms with Gasteiger partial charge in [-0.25, -0.2) is 14.5 Å². The summed E-state index contributed by atoms with van der Waals surface area (Å²) in [6, 6.07) is 0. The van der Waals surface area contributed by atoms with Gasteiger partial charge in [0.15, 0.2) is 13.0 Å². The van der Waals surface area contributed by atoms with E-state index in [0.717, 1.165) is 24.1 Å². The zero-order valence-electron chi connectivity index (χ0n) is 12.6. The Labute approximate surface area is 129 Å². The third kappa shape index (κ3) is 3.98. The SMILES string of the molecule is CC1=CC2OC2N(OCOP(=O)(O)O)C(C2CCCCC2)=C1. The van der Waals surface area contributed by atoms with Crippen molar-refractivity contribution < 1.29 is 28.5 Å². The summed E-state index contributed by atoms with van der Waals surface area (Å²) in [6.45, 7) is 1.52. The largest absolute Gasteiger partial charge is 0.471 e. The van der Waals surface area contributed by atoms with E-state index in [1.165, 1.54) is 19.3 Å². The highest BCUT2D eigenvalue weighted by molar-refractivity contribution is 7.46. The number of nitrogens with zero attached hydrogens (tertiary/aromatic N) is 1. The fourth-order valence-corrected chi connectivity index (χ4v) is 3.35. The van der Waals surface area contributed by atoms with Gasteiger partial charge in [0.1, 0.15) is 6.10 Å². The molecule has 1 saturated carbocycles. The lowest BCUT2D eigenvalue weighted by molar-refractivity contribution is -0.208. The van der Waals surface area contributed by atoms with Gasteiger partial charge in [-0.05, 0) is 31.9 Å². The molecule has 3 rings (SSSR count). The lowest BCUT2D eigenvalue weighted by Crippen LogP contribution is -2.32. The molecule has 22 heavy (non-hydrogen) atoms. The number of allylic oxidation sites excluding steroid dienone is 3. The molecule has 2 N–H and O–H groups in total. The van der Waals surface area contributed by atoms with Crippen molar-refractivity contribution >= 4 is 7.82 Å². The number of fused-ring (bicyclic) bond motifs is 1. The van der Waals surface area contributed by atoms with E-state index in [9.17, 15) is 4.57 Å². The standard InChI is InChI=1S/C14H22NO6P/c1-10-7-12(11-5-3-2-4-6-11)15(14-13(8-10)21-14)19-9-20-22(16,17)18/h7-8,11,13-14H,2-6,9H2,1H3,(H2,16,17,18). The van der Waals surface area contributed by atoms with Crippen molar-refractivity contribution in [2.45, 2.75) is 51.4 Å². The van der Waals surface area contributed by atoms with Crippen molar-refractivity contribution in [3.05, 3.63) is 23.4 Å². The van der Waals surface area contributed by atoms with Gasteiger partial charge >= 0.3 is 7.82 Å². The zero-order chi connectivity index (χ0) is 15.7. The molecule has 0 aromatic rings. The van der Waals surface area contributed by atoms with Crippen LogP contribution in [0.3, 0.4) is 0 Å². The summed E-state index contributed by atoms with van der Waals surface area (Å²) >= 11 is 0. The van der Waals surface area contributed by atoms with E-state index in [0.29, 0.717) is 5.92 Å². The maximum absolute atomic E-state index is 10.8. The predicted octanol–water partition coefficient (Wildman–Crippen LogP) is 2.44. The van der Waals surface area contributed by atoms with Gasteiger partial charge in [0.2, 0.25) is 0 Å². The number of hydroxylamine groups is 2. The molecule has 2 heterocycles. The number of rotatable bonds is 5. The van der Waals surface area contributed by atoms with E-state index in [2.05, 4.69) is 10.6 Å². The molecule has 0 radical (unpaired) electrons. The Morgan fingerprint density at radius 1 is 1.36 bits per heavy atom. The number of epoxide rings is 1. The average molecular weight is 331 g/mol. The van der Waals surface area contributed by atoms with Gasteiger partial charge < -0.3 is 14.5 Å². The van der Waals surface area contributed by atoms with Crippen LogP contribution in [0.2, 0.25) is 0 Å². The highest BCUT2D eigenvalue weighted by Crippen LogP contribution is 2.41. The van der Waals surface area contributed by atoms with Crippen LogP contribution in [0.15, 0.2) is 23.4 Å². The van der Waals surface area contributed by atoms with Crippen molar-refractivity contribution in [2.24, 2.45) is 5.92 Å². The van der Waals surface area contributed by atoms with E-state index < -0.39 is 14.6 Å². The Morgan fingerprint density at radius 3 is 2.77 bits per heavy atom. The minimum atomic E-state index is -4.54. The van der Waals surface area contributed by atoms with E-state index in [-0.39, 0.29) is 12.3 Å². The Balaban J connectivity index is 1.72. The molecule has 1 aliphatic carbocycles. The summed E-state index contributed by atoms with van der Waals surface area (Å²) in [6.07, 6.45) is 9.68. The van der Waals surface area contributed by atoms with E-state index in [4.69, 9.17) is 19.4 Å². The molecule has 1 saturated heterocycles. The van der Waals surface area contributed by atoms with Crippen molar-refractivity contribution in [3.8, 4) is 0 Å². The third-order valence-corrected chi connectivity index (χ3v) is 4.67. The molecule has 124 valence electrons. The first kappa shape index (κ1) is 16.2. The molecule has 0 aromatic carbocycles. The van der Waals surface area contributed by atoms with Gasteiger partial charge in [-0.1, -0.05) is 24.8 Å². The van der Waals surface area contributed by atoms with Crippen molar-refractivity contribution in [3.63, 3.8) is 0 Å². The van der Waals surface area contributed by atoms with Crippen LogP contribution in [-0.2, 0) is 18.7 Å². The maximum Gasteiger partial charge on any atom is 0.471 e. The summed E-state index contributed by atoms with van der Waals surface area (Å²) in [5, 5.41) is 1.64. The molecule has 2 unspecified atom stereocenters. The Bertz CT molecular complexity index is 521. The van der Waals surface area contributed by atoms with Gasteiger partial charge in [0.05, 0.1) is 0 Å². The molecule has 3 aliphatic rings. The van der Waals surface area contributed by atoms with Crippen LogP contribution in [0.5, 0.6) is 0 Å². The lowest BCUT2D eigenvalue weighted by Gasteiger charge is -2.32. The second-order valence-electron chi connectivity index (χ2n) is 6.00. The van der Waals surface area contributed by atoms with Crippen LogP contribution in [0.25, 0.3) is 0 Å². The first-order valence-electron chi connectivity index (χ1n) is 7.62. The van der Waals surface area contributed by atoms with Crippen molar-refractivity contribution in [1.29, 1.82) is 0 Å². The van der Waals surface area contributed by atoms with Crippen LogP contribution in [0.1, 0.15) is 39.0 Å². The van der Waals surface area contributed by atoms with Crippen LogP contribution >= 0.6 is 7.82 Å². The molecule has 8 heteroatoms. The Hall–Kier alpha value is -0.690. The highest BCUT2D eigenvalue weighted by atomic mass is 31.2. The van der Waals surface area contributed by atoms with E-state index in [1.807, 2.05) is 13.0 Å². The summed E-state index contributed by atoms with van der Waals surface area (Å²) in [5.74, 6) is 0.384. The van der Waals surface area contributed by atoms with Gasteiger partial charge in [0, 0.05) is 11.6 Å². The number of phosphoric ester groups is 1. The summed E-state index contributed by atoms with van der Waals surface area (Å²) in [5.41, 5.74) is 2.14. The van der Waals surface area contributed by atoms with Crippen molar-refractivity contribution in [1.82, 2.24) is 5.06 Å². The first-order valence-corrected chi connectivity index (χ1v) is 9.15. The minimum absolute atomic E-state index is 0.0348. The van der Waals surface area contributed by atoms with Crippen LogP contribution in [0.4, 0.5) is 0 Å². The Kier molecular flexibility index (Phi) is 4.73. The van der Waals surface area contributed by atoms with E-state index >= 15 is 0 Å². The molecule has 2 fully saturated rings. The molecular formula is C14H22NO6P. The number of ether oxygens (including phenoxy) is 1. The quantitative estimate of drug-likeness (QED) is 0.454. The predicted molar refractivity (Wildman–Crippen MR) is 78.0 cm³/mol. The topological polar surface area (TPSA) is 91.8 Å². The third-order valence-electron chi connectivity index (χ3n) is 4.23. The summed E-state index contributed by atoms with van der Waals surface area (Å²) in [7, 11) is -4.54. The van der Waals surface area contributed by atoms with Crippen LogP contribution in [0, 0.1) is 5.92 Å². The zero-order valence-corrected chi connectivity index (χ0v) is 13.4. The van der Waals surface area contributed by atoms with E-state index in [1.54, 1.807) is 5.06 Å². The monoisotopic (exact) mass is 331 g/mol. The van der Waals surface area contributed by atoms with Crippen LogP contribution in [-0.4, -0.2) is 34.0 Å². The smallest absolute Gasteiger partial charge is 0.341 e. The molecule has 0 spiro atoms. The molecular weight excluding hydrogens is 309 g/mol. The molecule has 0 aromatic heterocycles. The molecule has 0 amide bonds. The van der Waals surface area contributed by atoms with Crippen LogP contribution < -0.4 is 0 Å². The number of hydrogen-bond donors (Lipinski definition) is 2. The fraction of sp³-hybridized carbons (Fsp3) is 0.714. The average Bonchev–Trinajstić information content (AvgIpc) is 3.20. The summed E-state index contributed by atoms with van der Waals surface area (Å²) < 4.78 is 20.8. The van der Waals surface area contributed by atoms with Gasteiger partial charge in [-0.2, -0.15) is 0 Å². The van der Waals surface area contributed by atoms with Gasteiger partial charge in [-0.3, -0.25) is 4.52 Å². The fourth-order valence-electron chi connectivity index (χ4n) is 3.17. The molecule has 7 nitrogen and oxygen atoms in total. The van der Waals surface area contributed by atoms with Crippen molar-refractivity contribution in [2.75, 3.05) is 6.79 Å². The van der Waals surface area contributed by atoms with Gasteiger partial charge in [-0.15, -0.1) is 0 Å². The minimum Gasteiger partial charge on any atom is -0.341 e. The molecule has 2 atom stereocenters. The number of phosphoric acid groups is 1.